The largest absolute Gasteiger partial charge is 0.240 e. The molecule has 3 atom stereocenters. The molecule has 0 aromatic heterocycles. The Kier molecular flexibility index (Phi) is 3.43. The van der Waals surface area contributed by atoms with E-state index >= 15 is 0 Å². The second-order valence-corrected chi connectivity index (χ2v) is 9.57. The van der Waals surface area contributed by atoms with Gasteiger partial charge in [-0.1, -0.05) is 32.4 Å². The zero-order valence-corrected chi connectivity index (χ0v) is 14.3. The standard InChI is InChI=1S/C16H22ClNO2S/c1-15(2)11-8-9-16(3,10-11)14(15)18-21(19,20)13-6-4-12(17)5-7-13/h4-7,11,14,18H,8-10H2,1-3H3/t11-,14-,16+/m1/s1. The zero-order chi connectivity index (χ0) is 15.5. The molecule has 0 aliphatic heterocycles. The monoisotopic (exact) mass is 327 g/mol. The molecule has 0 amide bonds. The Balaban J connectivity index is 1.91. The van der Waals surface area contributed by atoms with Crippen LogP contribution in [0.4, 0.5) is 0 Å². The van der Waals surface area contributed by atoms with Gasteiger partial charge in [-0.05, 0) is 60.3 Å². The van der Waals surface area contributed by atoms with Gasteiger partial charge in [-0.3, -0.25) is 0 Å². The van der Waals surface area contributed by atoms with Crippen LogP contribution in [0.1, 0.15) is 40.0 Å². The van der Waals surface area contributed by atoms with Gasteiger partial charge in [0.2, 0.25) is 10.0 Å². The summed E-state index contributed by atoms with van der Waals surface area (Å²) in [7, 11) is -3.50. The molecule has 1 aromatic rings. The van der Waals surface area contributed by atoms with E-state index in [1.54, 1.807) is 24.3 Å². The van der Waals surface area contributed by atoms with Gasteiger partial charge in [-0.25, -0.2) is 13.1 Å². The molecule has 0 radical (unpaired) electrons. The molecule has 2 aliphatic carbocycles. The number of hydrogen-bond acceptors (Lipinski definition) is 2. The van der Waals surface area contributed by atoms with E-state index in [1.165, 1.54) is 6.42 Å². The average molecular weight is 328 g/mol. The molecule has 2 fully saturated rings. The van der Waals surface area contributed by atoms with Crippen molar-refractivity contribution in [2.75, 3.05) is 0 Å². The lowest BCUT2D eigenvalue weighted by Gasteiger charge is -2.42. The van der Waals surface area contributed by atoms with Crippen molar-refractivity contribution in [3.05, 3.63) is 29.3 Å². The molecule has 2 aliphatic rings. The fraction of sp³-hybridized carbons (Fsp3) is 0.625. The van der Waals surface area contributed by atoms with Crippen LogP contribution in [0, 0.1) is 16.7 Å². The average Bonchev–Trinajstić information content (AvgIpc) is 2.87. The topological polar surface area (TPSA) is 46.2 Å². The Morgan fingerprint density at radius 3 is 2.33 bits per heavy atom. The highest BCUT2D eigenvalue weighted by molar-refractivity contribution is 7.89. The van der Waals surface area contributed by atoms with Crippen LogP contribution in [0.15, 0.2) is 29.2 Å². The summed E-state index contributed by atoms with van der Waals surface area (Å²) in [6.45, 7) is 6.60. The Bertz CT molecular complexity index is 649. The first-order chi connectivity index (χ1) is 9.65. The molecule has 3 nitrogen and oxygen atoms in total. The van der Waals surface area contributed by atoms with Crippen LogP contribution in [0.3, 0.4) is 0 Å². The van der Waals surface area contributed by atoms with E-state index in [4.69, 9.17) is 11.6 Å². The zero-order valence-electron chi connectivity index (χ0n) is 12.7. The molecule has 5 heteroatoms. The predicted octanol–water partition coefficient (Wildman–Crippen LogP) is 3.83. The SMILES string of the molecule is CC1(C)[C@@H]2CC[C@@](C)(C2)[C@@H]1NS(=O)(=O)c1ccc(Cl)cc1. The molecule has 2 bridgehead atoms. The van der Waals surface area contributed by atoms with Crippen LogP contribution >= 0.6 is 11.6 Å². The summed E-state index contributed by atoms with van der Waals surface area (Å²) < 4.78 is 28.3. The third kappa shape index (κ3) is 2.41. The lowest BCUT2D eigenvalue weighted by Crippen LogP contribution is -2.52. The van der Waals surface area contributed by atoms with E-state index < -0.39 is 10.0 Å². The highest BCUT2D eigenvalue weighted by atomic mass is 35.5. The van der Waals surface area contributed by atoms with E-state index in [0.29, 0.717) is 10.9 Å². The first-order valence-corrected chi connectivity index (χ1v) is 9.29. The molecule has 1 aromatic carbocycles. The molecule has 1 N–H and O–H groups in total. The lowest BCUT2D eigenvalue weighted by atomic mass is 9.69. The van der Waals surface area contributed by atoms with E-state index in [2.05, 4.69) is 25.5 Å². The van der Waals surface area contributed by atoms with Crippen molar-refractivity contribution < 1.29 is 8.42 Å². The predicted molar refractivity (Wildman–Crippen MR) is 84.8 cm³/mol. The van der Waals surface area contributed by atoms with Gasteiger partial charge in [0.25, 0.3) is 0 Å². The Labute approximate surface area is 132 Å². The molecule has 0 heterocycles. The van der Waals surface area contributed by atoms with Gasteiger partial charge in [0.05, 0.1) is 4.90 Å². The molecule has 3 rings (SSSR count). The van der Waals surface area contributed by atoms with Gasteiger partial charge >= 0.3 is 0 Å². The number of rotatable bonds is 3. The maximum Gasteiger partial charge on any atom is 0.240 e. The van der Waals surface area contributed by atoms with Crippen molar-refractivity contribution in [1.29, 1.82) is 0 Å². The molecule has 2 saturated carbocycles. The van der Waals surface area contributed by atoms with Crippen molar-refractivity contribution in [3.63, 3.8) is 0 Å². The Morgan fingerprint density at radius 1 is 1.19 bits per heavy atom. The molecule has 21 heavy (non-hydrogen) atoms. The van der Waals surface area contributed by atoms with Gasteiger partial charge in [0, 0.05) is 11.1 Å². The van der Waals surface area contributed by atoms with Crippen molar-refractivity contribution in [1.82, 2.24) is 4.72 Å². The van der Waals surface area contributed by atoms with Crippen LogP contribution < -0.4 is 4.72 Å². The van der Waals surface area contributed by atoms with Gasteiger partial charge in [0.15, 0.2) is 0 Å². The summed E-state index contributed by atoms with van der Waals surface area (Å²) in [6.07, 6.45) is 3.44. The quantitative estimate of drug-likeness (QED) is 0.917. The van der Waals surface area contributed by atoms with E-state index in [9.17, 15) is 8.42 Å². The Morgan fingerprint density at radius 2 is 1.81 bits per heavy atom. The Hall–Kier alpha value is -0.580. The van der Waals surface area contributed by atoms with Crippen molar-refractivity contribution in [2.24, 2.45) is 16.7 Å². The normalized spacial score (nSPS) is 34.3. The van der Waals surface area contributed by atoms with E-state index in [1.807, 2.05) is 0 Å². The smallest absolute Gasteiger partial charge is 0.207 e. The fourth-order valence-corrected chi connectivity index (χ4v) is 6.09. The summed E-state index contributed by atoms with van der Waals surface area (Å²) in [5.41, 5.74) is 0.0835. The van der Waals surface area contributed by atoms with Gasteiger partial charge in [-0.2, -0.15) is 0 Å². The summed E-state index contributed by atoms with van der Waals surface area (Å²) in [5.74, 6) is 0.611. The molecule has 0 unspecified atom stereocenters. The lowest BCUT2D eigenvalue weighted by molar-refractivity contribution is 0.127. The number of halogens is 1. The summed E-state index contributed by atoms with van der Waals surface area (Å²) >= 11 is 5.84. The molecule has 0 spiro atoms. The summed E-state index contributed by atoms with van der Waals surface area (Å²) in [5, 5.41) is 0.543. The minimum Gasteiger partial charge on any atom is -0.207 e. The van der Waals surface area contributed by atoms with Crippen LogP contribution in [-0.2, 0) is 10.0 Å². The van der Waals surface area contributed by atoms with Crippen LogP contribution in [0.5, 0.6) is 0 Å². The third-order valence-corrected chi connectivity index (χ3v) is 7.36. The van der Waals surface area contributed by atoms with Crippen LogP contribution in [-0.4, -0.2) is 14.5 Å². The second-order valence-electron chi connectivity index (χ2n) is 7.42. The number of fused-ring (bicyclic) bond motifs is 2. The molecular weight excluding hydrogens is 306 g/mol. The fourth-order valence-electron chi connectivity index (χ4n) is 4.43. The highest BCUT2D eigenvalue weighted by Crippen LogP contribution is 2.62. The van der Waals surface area contributed by atoms with Gasteiger partial charge in [-0.15, -0.1) is 0 Å². The molecule has 116 valence electrons. The van der Waals surface area contributed by atoms with E-state index in [-0.39, 0.29) is 21.8 Å². The van der Waals surface area contributed by atoms with Gasteiger partial charge < -0.3 is 0 Å². The number of sulfonamides is 1. The number of benzene rings is 1. The maximum absolute atomic E-state index is 12.7. The van der Waals surface area contributed by atoms with Gasteiger partial charge in [0.1, 0.15) is 0 Å². The first-order valence-electron chi connectivity index (χ1n) is 7.43. The maximum atomic E-state index is 12.7. The minimum absolute atomic E-state index is 0.00644. The van der Waals surface area contributed by atoms with Crippen LogP contribution in [0.2, 0.25) is 5.02 Å². The summed E-state index contributed by atoms with van der Waals surface area (Å²) in [4.78, 5) is 0.286. The second kappa shape index (κ2) is 4.71. The summed E-state index contributed by atoms with van der Waals surface area (Å²) in [6, 6.07) is 6.35. The molecule has 0 saturated heterocycles. The molecular formula is C16H22ClNO2S. The highest BCUT2D eigenvalue weighted by Gasteiger charge is 2.60. The minimum atomic E-state index is -3.50. The van der Waals surface area contributed by atoms with Crippen molar-refractivity contribution in [2.45, 2.75) is 51.0 Å². The van der Waals surface area contributed by atoms with Crippen LogP contribution in [0.25, 0.3) is 0 Å². The first kappa shape index (κ1) is 15.3. The number of nitrogens with one attached hydrogen (secondary N) is 1. The van der Waals surface area contributed by atoms with E-state index in [0.717, 1.165) is 12.8 Å². The van der Waals surface area contributed by atoms with Crippen molar-refractivity contribution in [3.8, 4) is 0 Å². The third-order valence-electron chi connectivity index (χ3n) is 5.67. The number of hydrogen-bond donors (Lipinski definition) is 1. The van der Waals surface area contributed by atoms with Crippen molar-refractivity contribution >= 4 is 21.6 Å².